The summed E-state index contributed by atoms with van der Waals surface area (Å²) in [4.78, 5) is 15.0. The van der Waals surface area contributed by atoms with Crippen molar-refractivity contribution in [1.29, 1.82) is 0 Å². The van der Waals surface area contributed by atoms with Gasteiger partial charge in [0.25, 0.3) is 0 Å². The Morgan fingerprint density at radius 2 is 2.10 bits per heavy atom. The number of hydrogen-bond acceptors (Lipinski definition) is 6. The summed E-state index contributed by atoms with van der Waals surface area (Å²) in [5.41, 5.74) is 1.22. The van der Waals surface area contributed by atoms with E-state index in [9.17, 15) is 0 Å². The summed E-state index contributed by atoms with van der Waals surface area (Å²) in [5, 5.41) is 7.69. The fraction of sp³-hybridized carbons (Fsp3) is 0.462. The molecule has 1 fully saturated rings. The topological polar surface area (TPSA) is 53.9 Å². The summed E-state index contributed by atoms with van der Waals surface area (Å²) in [6.45, 7) is 4.05. The molecule has 0 saturated carbocycles. The van der Waals surface area contributed by atoms with Gasteiger partial charge in [0.05, 0.1) is 6.04 Å². The Balaban J connectivity index is 1.79. The van der Waals surface area contributed by atoms with Crippen LogP contribution in [0.3, 0.4) is 0 Å². The summed E-state index contributed by atoms with van der Waals surface area (Å²) >= 11 is 7.69. The highest BCUT2D eigenvalue weighted by Crippen LogP contribution is 2.22. The molecule has 0 amide bonds. The van der Waals surface area contributed by atoms with Crippen molar-refractivity contribution in [3.8, 4) is 0 Å². The first-order chi connectivity index (χ1) is 9.72. The van der Waals surface area contributed by atoms with E-state index in [0.29, 0.717) is 11.9 Å². The maximum Gasteiger partial charge on any atom is 0.231 e. The predicted molar refractivity (Wildman–Crippen MR) is 82.6 cm³/mol. The molecule has 0 aromatic carbocycles. The van der Waals surface area contributed by atoms with Crippen molar-refractivity contribution in [2.75, 3.05) is 23.3 Å². The number of halogens is 1. The van der Waals surface area contributed by atoms with E-state index < -0.39 is 0 Å². The Morgan fingerprint density at radius 1 is 1.30 bits per heavy atom. The normalized spacial score (nSPS) is 16.4. The second-order valence-corrected chi connectivity index (χ2v) is 5.96. The van der Waals surface area contributed by atoms with Crippen LogP contribution in [0.4, 0.5) is 11.9 Å². The molecule has 1 aliphatic heterocycles. The van der Waals surface area contributed by atoms with Gasteiger partial charge in [0.2, 0.25) is 17.2 Å². The van der Waals surface area contributed by atoms with Gasteiger partial charge in [0.15, 0.2) is 0 Å². The molecule has 1 unspecified atom stereocenters. The SMILES string of the molecule is CC(Nc1nc(Cl)nc(N2CCCC2)n1)c1ccsc1. The van der Waals surface area contributed by atoms with Gasteiger partial charge in [0, 0.05) is 13.1 Å². The predicted octanol–water partition coefficient (Wildman–Crippen LogP) is 3.36. The van der Waals surface area contributed by atoms with Crippen molar-refractivity contribution in [2.45, 2.75) is 25.8 Å². The number of nitrogens with one attached hydrogen (secondary N) is 1. The van der Waals surface area contributed by atoms with Gasteiger partial charge < -0.3 is 10.2 Å². The van der Waals surface area contributed by atoms with Crippen LogP contribution in [0.25, 0.3) is 0 Å². The van der Waals surface area contributed by atoms with E-state index in [4.69, 9.17) is 11.6 Å². The van der Waals surface area contributed by atoms with E-state index in [1.807, 2.05) is 0 Å². The molecule has 0 spiro atoms. The molecule has 2 aromatic heterocycles. The van der Waals surface area contributed by atoms with Crippen LogP contribution in [0.1, 0.15) is 31.4 Å². The molecule has 1 atom stereocenters. The molecule has 20 heavy (non-hydrogen) atoms. The quantitative estimate of drug-likeness (QED) is 0.938. The van der Waals surface area contributed by atoms with E-state index in [1.54, 1.807) is 11.3 Å². The van der Waals surface area contributed by atoms with Crippen molar-refractivity contribution in [2.24, 2.45) is 0 Å². The zero-order valence-corrected chi connectivity index (χ0v) is 12.8. The molecule has 1 aliphatic rings. The fourth-order valence-corrected chi connectivity index (χ4v) is 3.17. The number of rotatable bonds is 4. The lowest BCUT2D eigenvalue weighted by Gasteiger charge is -2.17. The minimum absolute atomic E-state index is 0.145. The average Bonchev–Trinajstić information content (AvgIpc) is 3.12. The van der Waals surface area contributed by atoms with Gasteiger partial charge in [-0.05, 0) is 53.8 Å². The molecule has 3 rings (SSSR count). The summed E-state index contributed by atoms with van der Waals surface area (Å²) in [6.07, 6.45) is 2.36. The first-order valence-electron chi connectivity index (χ1n) is 6.67. The third-order valence-electron chi connectivity index (χ3n) is 3.37. The molecule has 1 N–H and O–H groups in total. The molecular formula is C13H16ClN5S. The smallest absolute Gasteiger partial charge is 0.231 e. The van der Waals surface area contributed by atoms with Crippen molar-refractivity contribution in [3.63, 3.8) is 0 Å². The summed E-state index contributed by atoms with van der Waals surface area (Å²) < 4.78 is 0. The molecule has 0 radical (unpaired) electrons. The maximum atomic E-state index is 6.01. The van der Waals surface area contributed by atoms with Crippen molar-refractivity contribution in [3.05, 3.63) is 27.7 Å². The van der Waals surface area contributed by atoms with Crippen LogP contribution in [-0.4, -0.2) is 28.0 Å². The Labute approximate surface area is 127 Å². The molecule has 106 valence electrons. The summed E-state index contributed by atoms with van der Waals surface area (Å²) in [6, 6.07) is 2.23. The molecule has 2 aromatic rings. The van der Waals surface area contributed by atoms with Crippen LogP contribution in [-0.2, 0) is 0 Å². The minimum atomic E-state index is 0.145. The number of nitrogens with zero attached hydrogens (tertiary/aromatic N) is 4. The van der Waals surface area contributed by atoms with Crippen molar-refractivity contribution < 1.29 is 0 Å². The monoisotopic (exact) mass is 309 g/mol. The highest BCUT2D eigenvalue weighted by Gasteiger charge is 2.17. The third kappa shape index (κ3) is 3.02. The molecule has 5 nitrogen and oxygen atoms in total. The van der Waals surface area contributed by atoms with Gasteiger partial charge >= 0.3 is 0 Å². The van der Waals surface area contributed by atoms with Crippen LogP contribution >= 0.6 is 22.9 Å². The maximum absolute atomic E-state index is 6.01. The van der Waals surface area contributed by atoms with E-state index in [1.165, 1.54) is 18.4 Å². The van der Waals surface area contributed by atoms with E-state index in [2.05, 4.69) is 48.9 Å². The van der Waals surface area contributed by atoms with Crippen molar-refractivity contribution in [1.82, 2.24) is 15.0 Å². The molecule has 1 saturated heterocycles. The fourth-order valence-electron chi connectivity index (χ4n) is 2.26. The Morgan fingerprint density at radius 3 is 2.80 bits per heavy atom. The van der Waals surface area contributed by atoms with E-state index in [0.717, 1.165) is 13.1 Å². The lowest BCUT2D eigenvalue weighted by Crippen LogP contribution is -2.22. The Hall–Kier alpha value is -1.40. The van der Waals surface area contributed by atoms with Gasteiger partial charge in [-0.15, -0.1) is 0 Å². The Bertz CT molecular complexity index is 568. The van der Waals surface area contributed by atoms with Gasteiger partial charge in [-0.1, -0.05) is 0 Å². The minimum Gasteiger partial charge on any atom is -0.347 e. The standard InChI is InChI=1S/C13H16ClN5S/c1-9(10-4-7-20-8-10)15-12-16-11(14)17-13(18-12)19-5-2-3-6-19/h4,7-9H,2-3,5-6H2,1H3,(H,15,16,17,18). The second-order valence-electron chi connectivity index (χ2n) is 4.84. The summed E-state index contributed by atoms with van der Waals surface area (Å²) in [5.74, 6) is 1.20. The number of aromatic nitrogens is 3. The summed E-state index contributed by atoms with van der Waals surface area (Å²) in [7, 11) is 0. The van der Waals surface area contributed by atoms with Gasteiger partial charge in [-0.25, -0.2) is 0 Å². The zero-order valence-electron chi connectivity index (χ0n) is 11.2. The highest BCUT2D eigenvalue weighted by molar-refractivity contribution is 7.07. The van der Waals surface area contributed by atoms with Crippen molar-refractivity contribution >= 4 is 34.8 Å². The second kappa shape index (κ2) is 5.93. The first kappa shape index (κ1) is 13.6. The lowest BCUT2D eigenvalue weighted by molar-refractivity contribution is 0.836. The molecular weight excluding hydrogens is 294 g/mol. The zero-order chi connectivity index (χ0) is 13.9. The lowest BCUT2D eigenvalue weighted by atomic mass is 10.2. The molecule has 0 aliphatic carbocycles. The van der Waals surface area contributed by atoms with Gasteiger partial charge in [-0.3, -0.25) is 0 Å². The van der Waals surface area contributed by atoms with Gasteiger partial charge in [0.1, 0.15) is 0 Å². The Kier molecular flexibility index (Phi) is 4.03. The highest BCUT2D eigenvalue weighted by atomic mass is 35.5. The van der Waals surface area contributed by atoms with Crippen LogP contribution in [0, 0.1) is 0 Å². The molecule has 3 heterocycles. The largest absolute Gasteiger partial charge is 0.347 e. The third-order valence-corrected chi connectivity index (χ3v) is 4.24. The van der Waals surface area contributed by atoms with Gasteiger partial charge in [-0.2, -0.15) is 26.3 Å². The first-order valence-corrected chi connectivity index (χ1v) is 7.99. The van der Waals surface area contributed by atoms with Crippen LogP contribution in [0.5, 0.6) is 0 Å². The van der Waals surface area contributed by atoms with Crippen LogP contribution < -0.4 is 10.2 Å². The van der Waals surface area contributed by atoms with Crippen LogP contribution in [0.15, 0.2) is 16.8 Å². The average molecular weight is 310 g/mol. The van der Waals surface area contributed by atoms with E-state index >= 15 is 0 Å². The number of thiophene rings is 1. The number of anilines is 2. The number of hydrogen-bond donors (Lipinski definition) is 1. The van der Waals surface area contributed by atoms with Crippen LogP contribution in [0.2, 0.25) is 5.28 Å². The van der Waals surface area contributed by atoms with E-state index in [-0.39, 0.29) is 11.3 Å². The molecule has 7 heteroatoms. The molecule has 0 bridgehead atoms.